The van der Waals surface area contributed by atoms with Gasteiger partial charge in [0.25, 0.3) is 0 Å². The lowest BCUT2D eigenvalue weighted by Gasteiger charge is -2.31. The number of unbranched alkanes of at least 4 members (excludes halogenated alkanes) is 4. The van der Waals surface area contributed by atoms with Gasteiger partial charge in [-0.2, -0.15) is 0 Å². The number of hydrogen-bond donors (Lipinski definition) is 0. The van der Waals surface area contributed by atoms with Gasteiger partial charge < -0.3 is 9.47 Å². The molecule has 0 aliphatic heterocycles. The van der Waals surface area contributed by atoms with Crippen LogP contribution in [0.4, 0.5) is 0 Å². The summed E-state index contributed by atoms with van der Waals surface area (Å²) in [5.41, 5.74) is 4.15. The zero-order chi connectivity index (χ0) is 22.8. The van der Waals surface area contributed by atoms with E-state index in [9.17, 15) is 0 Å². The van der Waals surface area contributed by atoms with Crippen LogP contribution in [0, 0.1) is 0 Å². The summed E-state index contributed by atoms with van der Waals surface area (Å²) < 4.78 is 12.2. The van der Waals surface area contributed by atoms with Crippen LogP contribution < -0.4 is 4.74 Å². The van der Waals surface area contributed by atoms with Crippen LogP contribution in [-0.4, -0.2) is 13.2 Å². The van der Waals surface area contributed by atoms with Gasteiger partial charge in [-0.05, 0) is 59.8 Å². The van der Waals surface area contributed by atoms with E-state index in [2.05, 4.69) is 69.3 Å². The fraction of sp³-hybridized carbons (Fsp3) is 0.600. The largest absolute Gasteiger partial charge is 0.489 e. The van der Waals surface area contributed by atoms with Gasteiger partial charge in [-0.1, -0.05) is 102 Å². The van der Waals surface area contributed by atoms with Crippen LogP contribution >= 0.6 is 0 Å². The predicted octanol–water partition coefficient (Wildman–Crippen LogP) is 8.58. The minimum Gasteiger partial charge on any atom is -0.489 e. The highest BCUT2D eigenvalue weighted by Crippen LogP contribution is 2.41. The molecule has 0 aromatic heterocycles. The van der Waals surface area contributed by atoms with Crippen molar-refractivity contribution in [3.8, 4) is 5.75 Å². The second-order valence-electron chi connectivity index (χ2n) is 10.3. The predicted molar refractivity (Wildman–Crippen MR) is 136 cm³/mol. The highest BCUT2D eigenvalue weighted by Gasteiger charge is 2.27. The van der Waals surface area contributed by atoms with E-state index in [0.29, 0.717) is 18.6 Å². The summed E-state index contributed by atoms with van der Waals surface area (Å²) in [7, 11) is 1.85. The fourth-order valence-corrected chi connectivity index (χ4v) is 5.11. The first-order chi connectivity index (χ1) is 15.5. The molecule has 0 N–H and O–H groups in total. The normalized spacial score (nSPS) is 19.1. The third-order valence-corrected chi connectivity index (χ3v) is 7.34. The summed E-state index contributed by atoms with van der Waals surface area (Å²) in [5, 5.41) is 0. The Balaban J connectivity index is 1.78. The summed E-state index contributed by atoms with van der Waals surface area (Å²) in [6, 6.07) is 17.6. The molecule has 0 spiro atoms. The molecule has 176 valence electrons. The molecule has 1 aliphatic rings. The lowest BCUT2D eigenvalue weighted by atomic mass is 9.77. The SMILES string of the molecule is CCCCCCCC(C)(C)c1ccc(C2CCCC(OC)C2)c(OCc2ccccc2)c1. The number of benzene rings is 2. The van der Waals surface area contributed by atoms with Gasteiger partial charge in [0.05, 0.1) is 6.10 Å². The van der Waals surface area contributed by atoms with Crippen molar-refractivity contribution in [2.75, 3.05) is 7.11 Å². The highest BCUT2D eigenvalue weighted by molar-refractivity contribution is 5.43. The Morgan fingerprint density at radius 2 is 1.72 bits per heavy atom. The van der Waals surface area contributed by atoms with Crippen molar-refractivity contribution in [3.05, 3.63) is 65.2 Å². The average Bonchev–Trinajstić information content (AvgIpc) is 2.83. The van der Waals surface area contributed by atoms with Crippen molar-refractivity contribution in [2.45, 2.75) is 109 Å². The van der Waals surface area contributed by atoms with E-state index >= 15 is 0 Å². The lowest BCUT2D eigenvalue weighted by molar-refractivity contribution is 0.0631. The Hall–Kier alpha value is -1.80. The summed E-state index contributed by atoms with van der Waals surface area (Å²) in [4.78, 5) is 0. The molecule has 2 aromatic carbocycles. The van der Waals surface area contributed by atoms with Gasteiger partial charge in [0, 0.05) is 7.11 Å². The maximum absolute atomic E-state index is 6.50. The van der Waals surface area contributed by atoms with Gasteiger partial charge in [-0.3, -0.25) is 0 Å². The Morgan fingerprint density at radius 1 is 0.938 bits per heavy atom. The molecular formula is C30H44O2. The Morgan fingerprint density at radius 3 is 2.47 bits per heavy atom. The van der Waals surface area contributed by atoms with Crippen LogP contribution in [0.3, 0.4) is 0 Å². The third-order valence-electron chi connectivity index (χ3n) is 7.34. The van der Waals surface area contributed by atoms with Crippen LogP contribution in [0.1, 0.15) is 108 Å². The van der Waals surface area contributed by atoms with E-state index in [0.717, 1.165) is 12.2 Å². The van der Waals surface area contributed by atoms with Crippen molar-refractivity contribution in [1.82, 2.24) is 0 Å². The molecule has 1 aliphatic carbocycles. The van der Waals surface area contributed by atoms with Crippen molar-refractivity contribution in [3.63, 3.8) is 0 Å². The first-order valence-corrected chi connectivity index (χ1v) is 12.9. The van der Waals surface area contributed by atoms with Crippen molar-refractivity contribution in [2.24, 2.45) is 0 Å². The quantitative estimate of drug-likeness (QED) is 0.310. The zero-order valence-corrected chi connectivity index (χ0v) is 20.9. The van der Waals surface area contributed by atoms with E-state index in [1.165, 1.54) is 74.5 Å². The van der Waals surface area contributed by atoms with Crippen molar-refractivity contribution < 1.29 is 9.47 Å². The molecular weight excluding hydrogens is 392 g/mol. The monoisotopic (exact) mass is 436 g/mol. The third kappa shape index (κ3) is 7.10. The zero-order valence-electron chi connectivity index (χ0n) is 20.9. The maximum Gasteiger partial charge on any atom is 0.123 e. The molecule has 1 fully saturated rings. The van der Waals surface area contributed by atoms with Crippen LogP contribution in [0.5, 0.6) is 5.75 Å². The molecule has 0 radical (unpaired) electrons. The van der Waals surface area contributed by atoms with E-state index in [1.807, 2.05) is 7.11 Å². The maximum atomic E-state index is 6.50. The second-order valence-corrected chi connectivity index (χ2v) is 10.3. The molecule has 0 heterocycles. The van der Waals surface area contributed by atoms with Gasteiger partial charge in [-0.25, -0.2) is 0 Å². The first-order valence-electron chi connectivity index (χ1n) is 12.9. The molecule has 2 aromatic rings. The Kier molecular flexibility index (Phi) is 9.66. The van der Waals surface area contributed by atoms with Crippen LogP contribution in [0.25, 0.3) is 0 Å². The van der Waals surface area contributed by atoms with E-state index in [4.69, 9.17) is 9.47 Å². The number of hydrogen-bond acceptors (Lipinski definition) is 2. The lowest BCUT2D eigenvalue weighted by Crippen LogP contribution is -2.22. The highest BCUT2D eigenvalue weighted by atomic mass is 16.5. The average molecular weight is 437 g/mol. The van der Waals surface area contributed by atoms with Crippen molar-refractivity contribution >= 4 is 0 Å². The molecule has 0 bridgehead atoms. The Labute approximate surface area is 196 Å². The van der Waals surface area contributed by atoms with Crippen LogP contribution in [-0.2, 0) is 16.8 Å². The molecule has 2 heteroatoms. The molecule has 0 saturated heterocycles. The minimum absolute atomic E-state index is 0.164. The molecule has 0 amide bonds. The number of methoxy groups -OCH3 is 1. The van der Waals surface area contributed by atoms with Gasteiger partial charge in [0.1, 0.15) is 12.4 Å². The molecule has 1 saturated carbocycles. The topological polar surface area (TPSA) is 18.5 Å². The van der Waals surface area contributed by atoms with Crippen LogP contribution in [0.15, 0.2) is 48.5 Å². The fourth-order valence-electron chi connectivity index (χ4n) is 5.11. The standard InChI is InChI=1S/C30H44O2/c1-5-6-7-8-12-20-30(2,3)26-18-19-28(25-16-13-17-27(21-25)31-4)29(22-26)32-23-24-14-10-9-11-15-24/h9-11,14-15,18-19,22,25,27H,5-8,12-13,16-17,20-21,23H2,1-4H3. The molecule has 3 rings (SSSR count). The summed E-state index contributed by atoms with van der Waals surface area (Å²) >= 11 is 0. The molecule has 2 nitrogen and oxygen atoms in total. The van der Waals surface area contributed by atoms with Crippen molar-refractivity contribution in [1.29, 1.82) is 0 Å². The smallest absolute Gasteiger partial charge is 0.123 e. The molecule has 2 unspecified atom stereocenters. The first kappa shape index (κ1) is 24.8. The molecule has 32 heavy (non-hydrogen) atoms. The minimum atomic E-state index is 0.164. The van der Waals surface area contributed by atoms with Gasteiger partial charge in [0.2, 0.25) is 0 Å². The van der Waals surface area contributed by atoms with E-state index in [-0.39, 0.29) is 5.41 Å². The van der Waals surface area contributed by atoms with Gasteiger partial charge >= 0.3 is 0 Å². The molecule has 2 atom stereocenters. The number of rotatable bonds is 12. The second kappa shape index (κ2) is 12.4. The summed E-state index contributed by atoms with van der Waals surface area (Å²) in [5.74, 6) is 1.60. The van der Waals surface area contributed by atoms with Gasteiger partial charge in [0.15, 0.2) is 0 Å². The van der Waals surface area contributed by atoms with E-state index in [1.54, 1.807) is 0 Å². The summed E-state index contributed by atoms with van der Waals surface area (Å²) in [6.45, 7) is 7.69. The van der Waals surface area contributed by atoms with Crippen LogP contribution in [0.2, 0.25) is 0 Å². The number of ether oxygens (including phenoxy) is 2. The Bertz CT molecular complexity index is 796. The summed E-state index contributed by atoms with van der Waals surface area (Å²) in [6.07, 6.45) is 13.0. The van der Waals surface area contributed by atoms with Gasteiger partial charge in [-0.15, -0.1) is 0 Å². The van der Waals surface area contributed by atoms with E-state index < -0.39 is 0 Å².